The van der Waals surface area contributed by atoms with Gasteiger partial charge in [-0.15, -0.1) is 0 Å². The summed E-state index contributed by atoms with van der Waals surface area (Å²) < 4.78 is 25.0. The molecule has 0 radical (unpaired) electrons. The summed E-state index contributed by atoms with van der Waals surface area (Å²) in [5.74, 6) is 1.83. The first-order valence-electron chi connectivity index (χ1n) is 13.6. The number of benzene rings is 4. The van der Waals surface area contributed by atoms with Crippen LogP contribution < -0.4 is 14.9 Å². The normalized spacial score (nSPS) is 15.2. The summed E-state index contributed by atoms with van der Waals surface area (Å²) in [4.78, 5) is 0. The van der Waals surface area contributed by atoms with Gasteiger partial charge in [-0.3, -0.25) is 0 Å². The molecule has 0 aromatic heterocycles. The van der Waals surface area contributed by atoms with Crippen molar-refractivity contribution in [3.63, 3.8) is 0 Å². The van der Waals surface area contributed by atoms with Crippen molar-refractivity contribution in [2.45, 2.75) is 66.0 Å². The Labute approximate surface area is 247 Å². The Kier molecular flexibility index (Phi) is 9.78. The third-order valence-corrected chi connectivity index (χ3v) is 7.83. The minimum absolute atomic E-state index is 0.325. The van der Waals surface area contributed by atoms with E-state index < -0.39 is 0 Å². The zero-order chi connectivity index (χ0) is 28.8. The van der Waals surface area contributed by atoms with Crippen LogP contribution in [0.5, 0.6) is 11.5 Å². The fraction of sp³-hybridized carbons (Fsp3) is 0.294. The van der Waals surface area contributed by atoms with Crippen LogP contribution in [-0.2, 0) is 22.5 Å². The van der Waals surface area contributed by atoms with Crippen molar-refractivity contribution in [2.24, 2.45) is 0 Å². The quantitative estimate of drug-likeness (QED) is 0.200. The van der Waals surface area contributed by atoms with Crippen LogP contribution in [0.25, 0.3) is 0 Å². The van der Waals surface area contributed by atoms with Crippen LogP contribution >= 0.6 is 15.9 Å². The van der Waals surface area contributed by atoms with Crippen LogP contribution in [0.1, 0.15) is 49.9 Å². The van der Waals surface area contributed by atoms with E-state index >= 15 is 0 Å². The summed E-state index contributed by atoms with van der Waals surface area (Å²) in [5.41, 5.74) is 4.95. The molecule has 5 rings (SSSR count). The van der Waals surface area contributed by atoms with Crippen molar-refractivity contribution in [1.29, 1.82) is 0 Å². The zero-order valence-corrected chi connectivity index (χ0v) is 25.8. The van der Waals surface area contributed by atoms with Gasteiger partial charge in [0.05, 0.1) is 11.2 Å². The van der Waals surface area contributed by atoms with E-state index in [9.17, 15) is 0 Å². The van der Waals surface area contributed by atoms with E-state index in [4.69, 9.17) is 18.8 Å². The molecule has 208 valence electrons. The Balaban J connectivity index is 0.000000201. The largest absolute Gasteiger partial charge is 0.494 e. The summed E-state index contributed by atoms with van der Waals surface area (Å²) in [5, 5.41) is 0. The molecule has 0 unspecified atom stereocenters. The Morgan fingerprint density at radius 3 is 1.52 bits per heavy atom. The highest BCUT2D eigenvalue weighted by molar-refractivity contribution is 9.10. The Hall–Kier alpha value is -3.06. The minimum atomic E-state index is -0.336. The lowest BCUT2D eigenvalue weighted by Gasteiger charge is -2.32. The van der Waals surface area contributed by atoms with Gasteiger partial charge in [0.1, 0.15) is 24.7 Å². The molecular weight excluding hydrogens is 563 g/mol. The SMILES string of the molecule is Cc1cc(B2OC(C)(C)C(C)(C)O2)ccc1OCc1ccccc1.Cc1cc(Br)ccc1OCc1ccccc1. The van der Waals surface area contributed by atoms with Crippen LogP contribution in [0, 0.1) is 13.8 Å². The molecule has 4 aromatic carbocycles. The molecule has 1 fully saturated rings. The molecule has 1 saturated heterocycles. The van der Waals surface area contributed by atoms with Gasteiger partial charge in [-0.1, -0.05) is 88.7 Å². The van der Waals surface area contributed by atoms with Crippen molar-refractivity contribution >= 4 is 28.5 Å². The number of hydrogen-bond donors (Lipinski definition) is 0. The maximum Gasteiger partial charge on any atom is 0.494 e. The monoisotopic (exact) mass is 600 g/mol. The molecule has 4 nitrogen and oxygen atoms in total. The highest BCUT2D eigenvalue weighted by Gasteiger charge is 2.51. The van der Waals surface area contributed by atoms with Crippen molar-refractivity contribution in [1.82, 2.24) is 0 Å². The molecule has 40 heavy (non-hydrogen) atoms. The van der Waals surface area contributed by atoms with E-state index in [1.54, 1.807) is 0 Å². The van der Waals surface area contributed by atoms with Gasteiger partial charge in [0.15, 0.2) is 0 Å². The lowest BCUT2D eigenvalue weighted by molar-refractivity contribution is 0.00578. The second-order valence-corrected chi connectivity index (χ2v) is 12.0. The van der Waals surface area contributed by atoms with E-state index in [2.05, 4.69) is 86.9 Å². The van der Waals surface area contributed by atoms with Crippen LogP contribution in [0.3, 0.4) is 0 Å². The average molecular weight is 601 g/mol. The van der Waals surface area contributed by atoms with Crippen molar-refractivity contribution < 1.29 is 18.8 Å². The standard InChI is InChI=1S/C20H25BO3.C14H13BrO/c1-15-13-17(21-23-19(2,3)20(4,5)24-21)11-12-18(15)22-14-16-9-7-6-8-10-16;1-11-9-13(15)7-8-14(11)16-10-12-5-3-2-4-6-12/h6-13H,14H2,1-5H3;2-9H,10H2,1H3. The van der Waals surface area contributed by atoms with Gasteiger partial charge in [-0.25, -0.2) is 0 Å². The summed E-state index contributed by atoms with van der Waals surface area (Å²) in [7, 11) is -0.336. The van der Waals surface area contributed by atoms with Gasteiger partial charge in [0.2, 0.25) is 0 Å². The minimum Gasteiger partial charge on any atom is -0.489 e. The summed E-state index contributed by atoms with van der Waals surface area (Å²) in [6.07, 6.45) is 0. The molecule has 1 heterocycles. The Morgan fingerprint density at radius 2 is 1.07 bits per heavy atom. The molecular formula is C34H38BBrO4. The highest BCUT2D eigenvalue weighted by Crippen LogP contribution is 2.36. The molecule has 4 aromatic rings. The number of rotatable bonds is 7. The zero-order valence-electron chi connectivity index (χ0n) is 24.2. The topological polar surface area (TPSA) is 36.9 Å². The highest BCUT2D eigenvalue weighted by atomic mass is 79.9. The van der Waals surface area contributed by atoms with Gasteiger partial charge in [0.25, 0.3) is 0 Å². The van der Waals surface area contributed by atoms with Gasteiger partial charge in [-0.2, -0.15) is 0 Å². The van der Waals surface area contributed by atoms with Crippen LogP contribution in [0.15, 0.2) is 102 Å². The third kappa shape index (κ3) is 7.78. The molecule has 6 heteroatoms. The molecule has 0 aliphatic carbocycles. The van der Waals surface area contributed by atoms with Gasteiger partial charge >= 0.3 is 7.12 Å². The van der Waals surface area contributed by atoms with Gasteiger partial charge < -0.3 is 18.8 Å². The number of hydrogen-bond acceptors (Lipinski definition) is 4. The molecule has 0 amide bonds. The first kappa shape index (κ1) is 29.9. The maximum atomic E-state index is 6.11. The predicted octanol–water partition coefficient (Wildman–Crippen LogP) is 8.21. The van der Waals surface area contributed by atoms with Crippen molar-refractivity contribution in [2.75, 3.05) is 0 Å². The van der Waals surface area contributed by atoms with Crippen LogP contribution in [0.2, 0.25) is 0 Å². The van der Waals surface area contributed by atoms with Crippen molar-refractivity contribution in [3.05, 3.63) is 124 Å². The van der Waals surface area contributed by atoms with Gasteiger partial charge in [-0.05, 0) is 93.5 Å². The van der Waals surface area contributed by atoms with E-state index in [1.807, 2.05) is 67.6 Å². The van der Waals surface area contributed by atoms with E-state index in [1.165, 1.54) is 5.56 Å². The molecule has 0 saturated carbocycles. The van der Waals surface area contributed by atoms with Crippen LogP contribution in [0.4, 0.5) is 0 Å². The second kappa shape index (κ2) is 13.1. The molecule has 0 spiro atoms. The molecule has 0 bridgehead atoms. The summed E-state index contributed by atoms with van der Waals surface area (Å²) in [6, 6.07) is 32.5. The number of ether oxygens (including phenoxy) is 2. The lowest BCUT2D eigenvalue weighted by Crippen LogP contribution is -2.41. The number of aryl methyl sites for hydroxylation is 2. The number of halogens is 1. The lowest BCUT2D eigenvalue weighted by atomic mass is 9.78. The average Bonchev–Trinajstić information content (AvgIpc) is 3.15. The third-order valence-electron chi connectivity index (χ3n) is 7.34. The first-order chi connectivity index (χ1) is 19.0. The Morgan fingerprint density at radius 1 is 0.625 bits per heavy atom. The second-order valence-electron chi connectivity index (χ2n) is 11.1. The molecule has 1 aliphatic heterocycles. The van der Waals surface area contributed by atoms with E-state index in [-0.39, 0.29) is 18.3 Å². The van der Waals surface area contributed by atoms with Crippen molar-refractivity contribution in [3.8, 4) is 11.5 Å². The van der Waals surface area contributed by atoms with Gasteiger partial charge in [0, 0.05) is 4.47 Å². The smallest absolute Gasteiger partial charge is 0.489 e. The summed E-state index contributed by atoms with van der Waals surface area (Å²) in [6.45, 7) is 13.5. The molecule has 0 N–H and O–H groups in total. The Bertz CT molecular complexity index is 1370. The first-order valence-corrected chi connectivity index (χ1v) is 14.4. The summed E-state index contributed by atoms with van der Waals surface area (Å²) >= 11 is 3.44. The van der Waals surface area contributed by atoms with Crippen LogP contribution in [-0.4, -0.2) is 18.3 Å². The fourth-order valence-electron chi connectivity index (χ4n) is 4.21. The van der Waals surface area contributed by atoms with E-state index in [0.717, 1.165) is 38.1 Å². The predicted molar refractivity (Wildman–Crippen MR) is 167 cm³/mol. The fourth-order valence-corrected chi connectivity index (χ4v) is 4.68. The molecule has 1 aliphatic rings. The molecule has 0 atom stereocenters. The van der Waals surface area contributed by atoms with E-state index in [0.29, 0.717) is 13.2 Å². The maximum absolute atomic E-state index is 6.11.